The molecule has 3 aromatic carbocycles. The fraction of sp³-hybridized carbons (Fsp3) is 0.387. The molecule has 40 heavy (non-hydrogen) atoms. The number of phenolic OH excluding ortho intramolecular Hbond substituents is 1. The highest BCUT2D eigenvalue weighted by Crippen LogP contribution is 2.34. The number of aromatic hydroxyl groups is 1. The van der Waals surface area contributed by atoms with Crippen LogP contribution < -0.4 is 14.2 Å². The minimum absolute atomic E-state index is 0.00538. The standard InChI is InChI=1S/C31H36O9/c1-4-7-27-28(13-12-24(20(2)32)30(27)36)38-16-5-14-37-15-6-17-39-31-25(21(3)33)10-8-22-18-23(9-11-26(22)31)40-19-29(34)35/h8-13,18,36H,4-7,14-17,19H2,1-3H3,(H,34,35). The van der Waals surface area contributed by atoms with Crippen LogP contribution in [0, 0.1) is 0 Å². The van der Waals surface area contributed by atoms with Gasteiger partial charge in [0.15, 0.2) is 18.2 Å². The zero-order valence-corrected chi connectivity index (χ0v) is 23.2. The van der Waals surface area contributed by atoms with Crippen LogP contribution in [-0.4, -0.2) is 60.8 Å². The lowest BCUT2D eigenvalue weighted by molar-refractivity contribution is -0.139. The molecule has 0 radical (unpaired) electrons. The monoisotopic (exact) mass is 552 g/mol. The van der Waals surface area contributed by atoms with Gasteiger partial charge in [-0.1, -0.05) is 19.4 Å². The quantitative estimate of drug-likeness (QED) is 0.162. The average molecular weight is 553 g/mol. The van der Waals surface area contributed by atoms with E-state index in [1.54, 1.807) is 42.5 Å². The maximum Gasteiger partial charge on any atom is 0.341 e. The van der Waals surface area contributed by atoms with Crippen LogP contribution in [0.1, 0.15) is 66.3 Å². The molecule has 0 aliphatic heterocycles. The molecule has 0 saturated heterocycles. The molecule has 0 aliphatic carbocycles. The van der Waals surface area contributed by atoms with E-state index >= 15 is 0 Å². The van der Waals surface area contributed by atoms with Gasteiger partial charge >= 0.3 is 5.97 Å². The molecule has 9 nitrogen and oxygen atoms in total. The molecule has 0 bridgehead atoms. The molecule has 0 unspecified atom stereocenters. The summed E-state index contributed by atoms with van der Waals surface area (Å²) in [5.41, 5.74) is 1.42. The van der Waals surface area contributed by atoms with Crippen molar-refractivity contribution in [1.82, 2.24) is 0 Å². The van der Waals surface area contributed by atoms with E-state index in [0.29, 0.717) is 79.6 Å². The van der Waals surface area contributed by atoms with Crippen molar-refractivity contribution in [3.8, 4) is 23.0 Å². The predicted molar refractivity (Wildman–Crippen MR) is 150 cm³/mol. The molecule has 214 valence electrons. The second-order valence-corrected chi connectivity index (χ2v) is 9.32. The SMILES string of the molecule is CCCc1c(OCCCOCCCOc2c(C(C)=O)ccc3cc(OCC(=O)O)ccc23)ccc(C(C)=O)c1O. The molecule has 0 aromatic heterocycles. The lowest BCUT2D eigenvalue weighted by Gasteiger charge is -2.15. The Bertz CT molecular complexity index is 1350. The summed E-state index contributed by atoms with van der Waals surface area (Å²) in [5.74, 6) is 0.0982. The number of rotatable bonds is 17. The number of carbonyl (C=O) groups excluding carboxylic acids is 2. The first-order valence-corrected chi connectivity index (χ1v) is 13.3. The van der Waals surface area contributed by atoms with Crippen LogP contribution in [0.3, 0.4) is 0 Å². The number of Topliss-reactive ketones (excluding diaryl/α,β-unsaturated/α-hetero) is 2. The van der Waals surface area contributed by atoms with E-state index in [4.69, 9.17) is 24.1 Å². The number of aliphatic carboxylic acids is 1. The van der Waals surface area contributed by atoms with Crippen LogP contribution in [0.2, 0.25) is 0 Å². The molecule has 0 spiro atoms. The number of benzene rings is 3. The second-order valence-electron chi connectivity index (χ2n) is 9.32. The largest absolute Gasteiger partial charge is 0.507 e. The molecule has 0 heterocycles. The molecule has 0 atom stereocenters. The van der Waals surface area contributed by atoms with Gasteiger partial charge in [0.2, 0.25) is 0 Å². The summed E-state index contributed by atoms with van der Waals surface area (Å²) in [6, 6.07) is 11.9. The van der Waals surface area contributed by atoms with Gasteiger partial charge in [-0.2, -0.15) is 0 Å². The number of ketones is 2. The van der Waals surface area contributed by atoms with Crippen molar-refractivity contribution in [3.05, 3.63) is 59.2 Å². The van der Waals surface area contributed by atoms with E-state index < -0.39 is 12.6 Å². The van der Waals surface area contributed by atoms with Crippen LogP contribution in [0.5, 0.6) is 23.0 Å². The zero-order chi connectivity index (χ0) is 29.1. The van der Waals surface area contributed by atoms with Crippen LogP contribution in [0.25, 0.3) is 10.8 Å². The summed E-state index contributed by atoms with van der Waals surface area (Å²) < 4.78 is 22.8. The maximum absolute atomic E-state index is 12.2. The van der Waals surface area contributed by atoms with E-state index in [-0.39, 0.29) is 17.3 Å². The highest BCUT2D eigenvalue weighted by Gasteiger charge is 2.16. The van der Waals surface area contributed by atoms with Gasteiger partial charge in [0, 0.05) is 37.0 Å². The fourth-order valence-electron chi connectivity index (χ4n) is 4.26. The van der Waals surface area contributed by atoms with Gasteiger partial charge in [0.05, 0.1) is 24.3 Å². The Labute approximate surface area is 233 Å². The van der Waals surface area contributed by atoms with Crippen molar-refractivity contribution < 1.29 is 43.5 Å². The number of phenols is 1. The topological polar surface area (TPSA) is 129 Å². The number of fused-ring (bicyclic) bond motifs is 1. The minimum atomic E-state index is -1.06. The van der Waals surface area contributed by atoms with Crippen molar-refractivity contribution in [1.29, 1.82) is 0 Å². The molecular formula is C31H36O9. The molecule has 0 fully saturated rings. The second kappa shape index (κ2) is 14.9. The highest BCUT2D eigenvalue weighted by molar-refractivity contribution is 6.04. The molecule has 9 heteroatoms. The highest BCUT2D eigenvalue weighted by atomic mass is 16.5. The predicted octanol–water partition coefficient (Wildman–Crippen LogP) is 5.62. The third-order valence-corrected chi connectivity index (χ3v) is 6.17. The summed E-state index contributed by atoms with van der Waals surface area (Å²) in [7, 11) is 0. The van der Waals surface area contributed by atoms with E-state index in [0.717, 1.165) is 17.2 Å². The van der Waals surface area contributed by atoms with Crippen molar-refractivity contribution in [2.45, 2.75) is 46.5 Å². The lowest BCUT2D eigenvalue weighted by atomic mass is 10.0. The van der Waals surface area contributed by atoms with Crippen LogP contribution in [-0.2, 0) is 16.0 Å². The molecule has 3 rings (SSSR count). The number of carbonyl (C=O) groups is 3. The smallest absolute Gasteiger partial charge is 0.341 e. The Morgan fingerprint density at radius 3 is 2.12 bits per heavy atom. The Hall–Kier alpha value is -4.11. The third kappa shape index (κ3) is 8.19. The maximum atomic E-state index is 12.2. The molecule has 3 aromatic rings. The van der Waals surface area contributed by atoms with Gasteiger partial charge in [0.1, 0.15) is 23.0 Å². The summed E-state index contributed by atoms with van der Waals surface area (Å²) in [6.45, 7) is 6.15. The van der Waals surface area contributed by atoms with E-state index in [9.17, 15) is 19.5 Å². The molecular weight excluding hydrogens is 516 g/mol. The van der Waals surface area contributed by atoms with Gasteiger partial charge in [-0.15, -0.1) is 0 Å². The summed E-state index contributed by atoms with van der Waals surface area (Å²) in [5, 5.41) is 20.8. The average Bonchev–Trinajstić information content (AvgIpc) is 2.92. The van der Waals surface area contributed by atoms with Gasteiger partial charge < -0.3 is 29.2 Å². The lowest BCUT2D eigenvalue weighted by Crippen LogP contribution is -2.10. The number of carboxylic acid groups (broad SMARTS) is 1. The van der Waals surface area contributed by atoms with Gasteiger partial charge in [0.25, 0.3) is 0 Å². The van der Waals surface area contributed by atoms with Crippen molar-refractivity contribution in [3.63, 3.8) is 0 Å². The van der Waals surface area contributed by atoms with Crippen LogP contribution in [0.15, 0.2) is 42.5 Å². The van der Waals surface area contributed by atoms with E-state index in [2.05, 4.69) is 0 Å². The Morgan fingerprint density at radius 1 is 0.800 bits per heavy atom. The van der Waals surface area contributed by atoms with Crippen LogP contribution >= 0.6 is 0 Å². The van der Waals surface area contributed by atoms with Crippen molar-refractivity contribution >= 4 is 28.3 Å². The number of ether oxygens (including phenoxy) is 4. The molecule has 0 aliphatic rings. The number of hydrogen-bond acceptors (Lipinski definition) is 8. The summed E-state index contributed by atoms with van der Waals surface area (Å²) >= 11 is 0. The molecule has 2 N–H and O–H groups in total. The Kier molecular flexibility index (Phi) is 11.3. The van der Waals surface area contributed by atoms with Crippen LogP contribution in [0.4, 0.5) is 0 Å². The summed E-state index contributed by atoms with van der Waals surface area (Å²) in [4.78, 5) is 34.7. The van der Waals surface area contributed by atoms with Crippen molar-refractivity contribution in [2.75, 3.05) is 33.0 Å². The van der Waals surface area contributed by atoms with E-state index in [1.165, 1.54) is 13.8 Å². The number of carboxylic acids is 1. The fourth-order valence-corrected chi connectivity index (χ4v) is 4.26. The number of hydrogen-bond donors (Lipinski definition) is 2. The van der Waals surface area contributed by atoms with E-state index in [1.807, 2.05) is 6.92 Å². The summed E-state index contributed by atoms with van der Waals surface area (Å²) in [6.07, 6.45) is 2.67. The van der Waals surface area contributed by atoms with Crippen molar-refractivity contribution in [2.24, 2.45) is 0 Å². The first-order valence-electron chi connectivity index (χ1n) is 13.3. The van der Waals surface area contributed by atoms with Gasteiger partial charge in [-0.05, 0) is 62.1 Å². The Morgan fingerprint density at radius 2 is 1.48 bits per heavy atom. The zero-order valence-electron chi connectivity index (χ0n) is 23.2. The van der Waals surface area contributed by atoms with Gasteiger partial charge in [-0.3, -0.25) is 9.59 Å². The normalized spacial score (nSPS) is 10.9. The first-order chi connectivity index (χ1) is 19.2. The molecule has 0 amide bonds. The third-order valence-electron chi connectivity index (χ3n) is 6.17. The van der Waals surface area contributed by atoms with Gasteiger partial charge in [-0.25, -0.2) is 4.79 Å². The Balaban J connectivity index is 1.46. The first kappa shape index (κ1) is 30.4. The molecule has 0 saturated carbocycles. The minimum Gasteiger partial charge on any atom is -0.507 e.